The van der Waals surface area contributed by atoms with Crippen LogP contribution in [0.4, 0.5) is 0 Å². The third-order valence-electron chi connectivity index (χ3n) is 4.46. The van der Waals surface area contributed by atoms with Crippen LogP contribution in [0.3, 0.4) is 0 Å². The minimum absolute atomic E-state index is 0.120. The van der Waals surface area contributed by atoms with Gasteiger partial charge in [0, 0.05) is 13.0 Å². The summed E-state index contributed by atoms with van der Waals surface area (Å²) >= 11 is 0. The van der Waals surface area contributed by atoms with Crippen LogP contribution >= 0.6 is 0 Å². The van der Waals surface area contributed by atoms with Gasteiger partial charge in [-0.1, -0.05) is 30.2 Å². The predicted molar refractivity (Wildman–Crippen MR) is 85.2 cm³/mol. The van der Waals surface area contributed by atoms with Gasteiger partial charge in [0.15, 0.2) is 0 Å². The lowest BCUT2D eigenvalue weighted by Gasteiger charge is -2.25. The number of aryl methyl sites for hydroxylation is 3. The lowest BCUT2D eigenvalue weighted by molar-refractivity contribution is -0.121. The number of carbonyl (C=O) groups is 1. The first-order valence-corrected chi connectivity index (χ1v) is 8.05. The van der Waals surface area contributed by atoms with Crippen LogP contribution in [0.25, 0.3) is 0 Å². The summed E-state index contributed by atoms with van der Waals surface area (Å²) in [7, 11) is 0. The van der Waals surface area contributed by atoms with Crippen molar-refractivity contribution < 1.29 is 9.90 Å². The topological polar surface area (TPSA) is 49.3 Å². The van der Waals surface area contributed by atoms with Crippen molar-refractivity contribution in [2.75, 3.05) is 6.54 Å². The van der Waals surface area contributed by atoms with Crippen molar-refractivity contribution in [2.24, 2.45) is 5.92 Å². The summed E-state index contributed by atoms with van der Waals surface area (Å²) < 4.78 is 0. The van der Waals surface area contributed by atoms with E-state index in [-0.39, 0.29) is 12.0 Å². The van der Waals surface area contributed by atoms with Crippen molar-refractivity contribution >= 4 is 5.91 Å². The molecule has 2 N–H and O–H groups in total. The highest BCUT2D eigenvalue weighted by Crippen LogP contribution is 2.23. The van der Waals surface area contributed by atoms with Gasteiger partial charge in [0.25, 0.3) is 0 Å². The molecule has 1 aromatic carbocycles. The Morgan fingerprint density at radius 3 is 2.86 bits per heavy atom. The molecule has 2 unspecified atom stereocenters. The van der Waals surface area contributed by atoms with E-state index in [4.69, 9.17) is 0 Å². The van der Waals surface area contributed by atoms with Crippen LogP contribution in [0.2, 0.25) is 0 Å². The van der Waals surface area contributed by atoms with Gasteiger partial charge in [-0.2, -0.15) is 0 Å². The molecule has 3 nitrogen and oxygen atoms in total. The van der Waals surface area contributed by atoms with E-state index in [9.17, 15) is 9.90 Å². The standard InChI is InChI=1S/C18H27NO2/c1-13-6-7-16(14(2)10-13)8-9-18(21)19-12-15-4-3-5-17(20)11-15/h6-7,10,15,17,20H,3-5,8-9,11-12H2,1-2H3,(H,19,21). The summed E-state index contributed by atoms with van der Waals surface area (Å²) in [5.41, 5.74) is 3.78. The third-order valence-corrected chi connectivity index (χ3v) is 4.46. The molecule has 3 heteroatoms. The number of hydrogen-bond acceptors (Lipinski definition) is 2. The molecule has 1 aromatic rings. The fraction of sp³-hybridized carbons (Fsp3) is 0.611. The second-order valence-corrected chi connectivity index (χ2v) is 6.42. The number of hydrogen-bond donors (Lipinski definition) is 2. The molecule has 0 aliphatic heterocycles. The Bertz CT molecular complexity index is 484. The number of rotatable bonds is 5. The summed E-state index contributed by atoms with van der Waals surface area (Å²) in [6, 6.07) is 6.38. The van der Waals surface area contributed by atoms with E-state index < -0.39 is 0 Å². The number of carbonyl (C=O) groups excluding carboxylic acids is 1. The monoisotopic (exact) mass is 289 g/mol. The summed E-state index contributed by atoms with van der Waals surface area (Å²) in [4.78, 5) is 11.9. The van der Waals surface area contributed by atoms with E-state index in [1.807, 2.05) is 0 Å². The van der Waals surface area contributed by atoms with Crippen molar-refractivity contribution in [3.8, 4) is 0 Å². The molecule has 0 bridgehead atoms. The van der Waals surface area contributed by atoms with Crippen LogP contribution in [0.15, 0.2) is 18.2 Å². The van der Waals surface area contributed by atoms with Crippen molar-refractivity contribution in [2.45, 2.75) is 58.5 Å². The molecule has 0 heterocycles. The Labute approximate surface area is 127 Å². The van der Waals surface area contributed by atoms with E-state index in [1.165, 1.54) is 16.7 Å². The quantitative estimate of drug-likeness (QED) is 0.875. The Kier molecular flexibility index (Phi) is 5.80. The van der Waals surface area contributed by atoms with Gasteiger partial charge in [-0.3, -0.25) is 4.79 Å². The average molecular weight is 289 g/mol. The van der Waals surface area contributed by atoms with Crippen molar-refractivity contribution in [1.29, 1.82) is 0 Å². The Hall–Kier alpha value is -1.35. The molecule has 1 aliphatic carbocycles. The maximum atomic E-state index is 11.9. The van der Waals surface area contributed by atoms with Crippen molar-refractivity contribution in [3.05, 3.63) is 34.9 Å². The molecule has 1 fully saturated rings. The van der Waals surface area contributed by atoms with Crippen LogP contribution in [0, 0.1) is 19.8 Å². The van der Waals surface area contributed by atoms with Crippen LogP contribution in [0.5, 0.6) is 0 Å². The highest BCUT2D eigenvalue weighted by Gasteiger charge is 2.20. The van der Waals surface area contributed by atoms with Crippen LogP contribution < -0.4 is 5.32 Å². The zero-order valence-corrected chi connectivity index (χ0v) is 13.2. The minimum Gasteiger partial charge on any atom is -0.393 e. The molecule has 0 radical (unpaired) electrons. The smallest absolute Gasteiger partial charge is 0.220 e. The fourth-order valence-electron chi connectivity index (χ4n) is 3.17. The van der Waals surface area contributed by atoms with E-state index in [0.717, 1.165) is 32.1 Å². The van der Waals surface area contributed by atoms with Gasteiger partial charge in [0.2, 0.25) is 5.91 Å². The SMILES string of the molecule is Cc1ccc(CCC(=O)NCC2CCCC(O)C2)c(C)c1. The van der Waals surface area contributed by atoms with Gasteiger partial charge >= 0.3 is 0 Å². The molecule has 1 saturated carbocycles. The molecular formula is C18H27NO2. The van der Waals surface area contributed by atoms with Gasteiger partial charge in [-0.25, -0.2) is 0 Å². The highest BCUT2D eigenvalue weighted by atomic mass is 16.3. The molecule has 2 atom stereocenters. The fourth-order valence-corrected chi connectivity index (χ4v) is 3.17. The van der Waals surface area contributed by atoms with E-state index in [0.29, 0.717) is 18.9 Å². The van der Waals surface area contributed by atoms with Crippen LogP contribution in [-0.4, -0.2) is 23.7 Å². The molecule has 116 valence electrons. The lowest BCUT2D eigenvalue weighted by atomic mass is 9.87. The predicted octanol–water partition coefficient (Wildman–Crippen LogP) is 2.90. The van der Waals surface area contributed by atoms with Gasteiger partial charge < -0.3 is 10.4 Å². The van der Waals surface area contributed by atoms with Gasteiger partial charge in [0.1, 0.15) is 0 Å². The number of amides is 1. The number of aliphatic hydroxyl groups excluding tert-OH is 1. The number of nitrogens with one attached hydrogen (secondary N) is 1. The molecule has 0 spiro atoms. The second-order valence-electron chi connectivity index (χ2n) is 6.42. The maximum absolute atomic E-state index is 11.9. The summed E-state index contributed by atoms with van der Waals surface area (Å²) in [5.74, 6) is 0.564. The highest BCUT2D eigenvalue weighted by molar-refractivity contribution is 5.76. The number of benzene rings is 1. The number of aliphatic hydroxyl groups is 1. The molecular weight excluding hydrogens is 262 g/mol. The van der Waals surface area contributed by atoms with Crippen LogP contribution in [0.1, 0.15) is 48.8 Å². The first-order valence-electron chi connectivity index (χ1n) is 8.05. The van der Waals surface area contributed by atoms with Crippen LogP contribution in [-0.2, 0) is 11.2 Å². The Morgan fingerprint density at radius 2 is 2.14 bits per heavy atom. The maximum Gasteiger partial charge on any atom is 0.220 e. The summed E-state index contributed by atoms with van der Waals surface area (Å²) in [6.45, 7) is 4.90. The van der Waals surface area contributed by atoms with Gasteiger partial charge in [-0.15, -0.1) is 0 Å². The van der Waals surface area contributed by atoms with Gasteiger partial charge in [0.05, 0.1) is 6.10 Å². The largest absolute Gasteiger partial charge is 0.393 e. The van der Waals surface area contributed by atoms with E-state index in [2.05, 4.69) is 37.4 Å². The first-order chi connectivity index (χ1) is 10.0. The normalized spacial score (nSPS) is 22.0. The Balaban J connectivity index is 1.72. The van der Waals surface area contributed by atoms with E-state index in [1.54, 1.807) is 0 Å². The van der Waals surface area contributed by atoms with Crippen molar-refractivity contribution in [1.82, 2.24) is 5.32 Å². The zero-order chi connectivity index (χ0) is 15.2. The summed E-state index contributed by atoms with van der Waals surface area (Å²) in [5, 5.41) is 12.7. The molecule has 1 amide bonds. The zero-order valence-electron chi connectivity index (χ0n) is 13.2. The van der Waals surface area contributed by atoms with E-state index >= 15 is 0 Å². The molecule has 21 heavy (non-hydrogen) atoms. The molecule has 2 rings (SSSR count). The summed E-state index contributed by atoms with van der Waals surface area (Å²) in [6.07, 6.45) is 5.10. The lowest BCUT2D eigenvalue weighted by Crippen LogP contribution is -2.33. The second kappa shape index (κ2) is 7.60. The molecule has 0 saturated heterocycles. The first kappa shape index (κ1) is 16.0. The Morgan fingerprint density at radius 1 is 1.33 bits per heavy atom. The molecule has 0 aromatic heterocycles. The third kappa shape index (κ3) is 5.16. The molecule has 1 aliphatic rings. The average Bonchev–Trinajstić information content (AvgIpc) is 2.44. The minimum atomic E-state index is -0.170. The van der Waals surface area contributed by atoms with Gasteiger partial charge in [-0.05, 0) is 56.6 Å². The van der Waals surface area contributed by atoms with Crippen molar-refractivity contribution in [3.63, 3.8) is 0 Å².